The van der Waals surface area contributed by atoms with Gasteiger partial charge in [0.15, 0.2) is 0 Å². The zero-order valence-corrected chi connectivity index (χ0v) is 11.3. The summed E-state index contributed by atoms with van der Waals surface area (Å²) < 4.78 is 15.4. The van der Waals surface area contributed by atoms with E-state index in [1.165, 1.54) is 0 Å². The van der Waals surface area contributed by atoms with Crippen LogP contribution in [0, 0.1) is 0 Å². The van der Waals surface area contributed by atoms with Gasteiger partial charge in [-0.25, -0.2) is 0 Å². The van der Waals surface area contributed by atoms with Crippen LogP contribution in [0.3, 0.4) is 0 Å². The molecular formula is C13H15N3O4. The van der Waals surface area contributed by atoms with Crippen LogP contribution in [0.4, 0.5) is 0 Å². The Bertz CT molecular complexity index is 583. The van der Waals surface area contributed by atoms with Gasteiger partial charge in [0.1, 0.15) is 5.75 Å². The summed E-state index contributed by atoms with van der Waals surface area (Å²) >= 11 is 0. The molecule has 106 valence electrons. The van der Waals surface area contributed by atoms with Gasteiger partial charge in [0, 0.05) is 13.7 Å². The third kappa shape index (κ3) is 3.12. The monoisotopic (exact) mass is 277 g/mol. The van der Waals surface area contributed by atoms with Crippen LogP contribution in [-0.4, -0.2) is 43.5 Å². The molecule has 0 atom stereocenters. The van der Waals surface area contributed by atoms with Crippen LogP contribution in [-0.2, 0) is 4.74 Å². The van der Waals surface area contributed by atoms with E-state index < -0.39 is 5.91 Å². The maximum Gasteiger partial charge on any atom is 0.308 e. The van der Waals surface area contributed by atoms with Crippen molar-refractivity contribution < 1.29 is 18.7 Å². The van der Waals surface area contributed by atoms with Gasteiger partial charge < -0.3 is 19.2 Å². The first kappa shape index (κ1) is 14.0. The number of methoxy groups -OCH3 is 2. The van der Waals surface area contributed by atoms with E-state index in [1.54, 1.807) is 26.4 Å². The highest BCUT2D eigenvalue weighted by atomic mass is 16.5. The number of carbonyl (C=O) groups excluding carboxylic acids is 1. The lowest BCUT2D eigenvalue weighted by atomic mass is 10.2. The van der Waals surface area contributed by atoms with E-state index in [0.29, 0.717) is 24.5 Å². The number of amides is 1. The average Bonchev–Trinajstić information content (AvgIpc) is 2.97. The third-order valence-electron chi connectivity index (χ3n) is 2.55. The Kier molecular flexibility index (Phi) is 4.67. The number of ether oxygens (including phenoxy) is 2. The van der Waals surface area contributed by atoms with E-state index in [-0.39, 0.29) is 11.8 Å². The molecule has 20 heavy (non-hydrogen) atoms. The molecule has 1 N–H and O–H groups in total. The lowest BCUT2D eigenvalue weighted by molar-refractivity contribution is 0.0903. The molecule has 0 radical (unpaired) electrons. The number of benzene rings is 1. The van der Waals surface area contributed by atoms with E-state index >= 15 is 0 Å². The van der Waals surface area contributed by atoms with Crippen molar-refractivity contribution in [1.82, 2.24) is 15.5 Å². The smallest absolute Gasteiger partial charge is 0.308 e. The molecule has 0 unspecified atom stereocenters. The van der Waals surface area contributed by atoms with Gasteiger partial charge in [0.2, 0.25) is 0 Å². The molecule has 7 heteroatoms. The molecule has 0 saturated carbocycles. The van der Waals surface area contributed by atoms with Gasteiger partial charge in [-0.3, -0.25) is 4.79 Å². The quantitative estimate of drug-likeness (QED) is 0.796. The summed E-state index contributed by atoms with van der Waals surface area (Å²) in [5.41, 5.74) is 0.637. The zero-order chi connectivity index (χ0) is 14.4. The summed E-state index contributed by atoms with van der Waals surface area (Å²) in [4.78, 5) is 11.7. The van der Waals surface area contributed by atoms with Crippen molar-refractivity contribution in [2.24, 2.45) is 0 Å². The second kappa shape index (κ2) is 6.67. The highest BCUT2D eigenvalue weighted by Gasteiger charge is 2.17. The number of para-hydroxylation sites is 1. The van der Waals surface area contributed by atoms with Crippen molar-refractivity contribution in [3.05, 3.63) is 30.2 Å². The fraction of sp³-hybridized carbons (Fsp3) is 0.308. The molecule has 2 rings (SSSR count). The van der Waals surface area contributed by atoms with Gasteiger partial charge in [-0.05, 0) is 12.1 Å². The predicted octanol–water partition coefficient (Wildman–Crippen LogP) is 1.12. The van der Waals surface area contributed by atoms with Gasteiger partial charge in [-0.2, -0.15) is 0 Å². The number of nitrogens with one attached hydrogen (secondary N) is 1. The molecular weight excluding hydrogens is 262 g/mol. The Balaban J connectivity index is 2.14. The fourth-order valence-corrected chi connectivity index (χ4v) is 1.59. The number of nitrogens with zero attached hydrogens (tertiary/aromatic N) is 2. The second-order valence-corrected chi connectivity index (χ2v) is 3.86. The van der Waals surface area contributed by atoms with Crippen molar-refractivity contribution in [1.29, 1.82) is 0 Å². The van der Waals surface area contributed by atoms with E-state index in [9.17, 15) is 4.79 Å². The van der Waals surface area contributed by atoms with Crippen molar-refractivity contribution in [3.63, 3.8) is 0 Å². The summed E-state index contributed by atoms with van der Waals surface area (Å²) in [7, 11) is 3.10. The summed E-state index contributed by atoms with van der Waals surface area (Å²) in [6, 6.07) is 7.20. The first-order chi connectivity index (χ1) is 9.76. The molecule has 1 aromatic heterocycles. The molecule has 0 aliphatic carbocycles. The predicted molar refractivity (Wildman–Crippen MR) is 70.5 cm³/mol. The van der Waals surface area contributed by atoms with Gasteiger partial charge in [-0.15, -0.1) is 10.2 Å². The lowest BCUT2D eigenvalue weighted by Crippen LogP contribution is -2.27. The van der Waals surface area contributed by atoms with Crippen LogP contribution in [0.2, 0.25) is 0 Å². The van der Waals surface area contributed by atoms with Gasteiger partial charge in [-0.1, -0.05) is 12.1 Å². The molecule has 0 bridgehead atoms. The maximum atomic E-state index is 11.7. The van der Waals surface area contributed by atoms with Crippen LogP contribution in [0.25, 0.3) is 11.5 Å². The molecule has 7 nitrogen and oxygen atoms in total. The van der Waals surface area contributed by atoms with Gasteiger partial charge >= 0.3 is 11.8 Å². The minimum Gasteiger partial charge on any atom is -0.496 e. The topological polar surface area (TPSA) is 86.5 Å². The minimum atomic E-state index is -0.435. The largest absolute Gasteiger partial charge is 0.496 e. The first-order valence-corrected chi connectivity index (χ1v) is 6.00. The Morgan fingerprint density at radius 3 is 2.85 bits per heavy atom. The second-order valence-electron chi connectivity index (χ2n) is 3.86. The average molecular weight is 277 g/mol. The molecule has 0 saturated heterocycles. The van der Waals surface area contributed by atoms with E-state index in [4.69, 9.17) is 13.9 Å². The highest BCUT2D eigenvalue weighted by Crippen LogP contribution is 2.28. The Labute approximate surface area is 115 Å². The van der Waals surface area contributed by atoms with Gasteiger partial charge in [0.25, 0.3) is 5.89 Å². The van der Waals surface area contributed by atoms with Crippen molar-refractivity contribution in [2.75, 3.05) is 27.4 Å². The van der Waals surface area contributed by atoms with Crippen LogP contribution in [0.1, 0.15) is 10.7 Å². The zero-order valence-electron chi connectivity index (χ0n) is 11.3. The lowest BCUT2D eigenvalue weighted by Gasteiger charge is -2.03. The summed E-state index contributed by atoms with van der Waals surface area (Å²) in [5, 5.41) is 10.2. The summed E-state index contributed by atoms with van der Waals surface area (Å²) in [5.74, 6) is 0.305. The minimum absolute atomic E-state index is 0.0954. The molecule has 1 heterocycles. The summed E-state index contributed by atoms with van der Waals surface area (Å²) in [6.07, 6.45) is 0. The molecule has 0 spiro atoms. The van der Waals surface area contributed by atoms with Crippen molar-refractivity contribution >= 4 is 5.91 Å². The molecule has 0 fully saturated rings. The van der Waals surface area contributed by atoms with Gasteiger partial charge in [0.05, 0.1) is 19.3 Å². The van der Waals surface area contributed by atoms with Crippen LogP contribution in [0.5, 0.6) is 5.75 Å². The van der Waals surface area contributed by atoms with Crippen LogP contribution < -0.4 is 10.1 Å². The molecule has 1 amide bonds. The molecule has 2 aromatic rings. The van der Waals surface area contributed by atoms with E-state index in [1.807, 2.05) is 12.1 Å². The maximum absolute atomic E-state index is 11.7. The number of rotatable bonds is 6. The van der Waals surface area contributed by atoms with Crippen LogP contribution in [0.15, 0.2) is 28.7 Å². The Morgan fingerprint density at radius 2 is 2.10 bits per heavy atom. The molecule has 1 aromatic carbocycles. The standard InChI is InChI=1S/C13H15N3O4/c1-18-8-7-14-11(17)13-16-15-12(20-13)9-5-3-4-6-10(9)19-2/h3-6H,7-8H2,1-2H3,(H,14,17). The first-order valence-electron chi connectivity index (χ1n) is 6.00. The highest BCUT2D eigenvalue weighted by molar-refractivity contribution is 5.89. The van der Waals surface area contributed by atoms with Crippen molar-refractivity contribution in [2.45, 2.75) is 0 Å². The van der Waals surface area contributed by atoms with Crippen LogP contribution >= 0.6 is 0 Å². The third-order valence-corrected chi connectivity index (χ3v) is 2.55. The molecule has 0 aliphatic rings. The number of aromatic nitrogens is 2. The SMILES string of the molecule is COCCNC(=O)c1nnc(-c2ccccc2OC)o1. The number of carbonyl (C=O) groups is 1. The Hall–Kier alpha value is -2.41. The van der Waals surface area contributed by atoms with E-state index in [0.717, 1.165) is 0 Å². The Morgan fingerprint density at radius 1 is 1.30 bits per heavy atom. The van der Waals surface area contributed by atoms with Crippen molar-refractivity contribution in [3.8, 4) is 17.2 Å². The number of hydrogen-bond acceptors (Lipinski definition) is 6. The molecule has 0 aliphatic heterocycles. The normalized spacial score (nSPS) is 10.3. The van der Waals surface area contributed by atoms with E-state index in [2.05, 4.69) is 15.5 Å². The fourth-order valence-electron chi connectivity index (χ4n) is 1.59. The number of hydrogen-bond donors (Lipinski definition) is 1. The summed E-state index contributed by atoms with van der Waals surface area (Å²) in [6.45, 7) is 0.793.